The summed E-state index contributed by atoms with van der Waals surface area (Å²) in [6, 6.07) is 9.31. The third-order valence-electron chi connectivity index (χ3n) is 4.63. The summed E-state index contributed by atoms with van der Waals surface area (Å²) in [6.07, 6.45) is -1.67. The number of carbonyl (C=O) groups is 1. The first kappa shape index (κ1) is 17.0. The van der Waals surface area contributed by atoms with Crippen molar-refractivity contribution in [3.05, 3.63) is 48.0 Å². The molecule has 1 fully saturated rings. The lowest BCUT2D eigenvalue weighted by Crippen LogP contribution is -2.68. The van der Waals surface area contributed by atoms with Gasteiger partial charge in [-0.3, -0.25) is 0 Å². The number of nitrogens with one attached hydrogen (secondary N) is 1. The third kappa shape index (κ3) is 2.71. The Hall–Kier alpha value is -1.86. The van der Waals surface area contributed by atoms with Crippen LogP contribution in [0, 0.1) is 0 Å². The lowest BCUT2D eigenvalue weighted by molar-refractivity contribution is -0.233. The summed E-state index contributed by atoms with van der Waals surface area (Å²) < 4.78 is 43.2. The molecule has 2 bridgehead atoms. The Labute approximate surface area is 138 Å². The molecule has 1 aromatic rings. The first-order valence-electron chi connectivity index (χ1n) is 7.72. The molecule has 1 aromatic carbocycles. The SMILES string of the molecule is CC(C)(c1ccccc1)N1C2C=CC1(OC(=O)C(F)(F)F)CNC2. The van der Waals surface area contributed by atoms with Gasteiger partial charge in [-0.2, -0.15) is 13.2 Å². The van der Waals surface area contributed by atoms with Gasteiger partial charge in [0.05, 0.1) is 6.54 Å². The van der Waals surface area contributed by atoms with Gasteiger partial charge in [0.2, 0.25) is 0 Å². The minimum atomic E-state index is -5.03. The van der Waals surface area contributed by atoms with E-state index in [1.54, 1.807) is 12.2 Å². The zero-order chi connectivity index (χ0) is 17.6. The summed E-state index contributed by atoms with van der Waals surface area (Å²) in [6.45, 7) is 4.53. The van der Waals surface area contributed by atoms with E-state index in [-0.39, 0.29) is 12.6 Å². The molecule has 2 aliphatic heterocycles. The van der Waals surface area contributed by atoms with Crippen LogP contribution in [0.15, 0.2) is 42.5 Å². The van der Waals surface area contributed by atoms with Gasteiger partial charge >= 0.3 is 12.1 Å². The van der Waals surface area contributed by atoms with Gasteiger partial charge in [-0.15, -0.1) is 0 Å². The van der Waals surface area contributed by atoms with Crippen molar-refractivity contribution in [3.63, 3.8) is 0 Å². The topological polar surface area (TPSA) is 41.6 Å². The fraction of sp³-hybridized carbons (Fsp3) is 0.471. The average Bonchev–Trinajstić information content (AvgIpc) is 2.75. The van der Waals surface area contributed by atoms with Crippen molar-refractivity contribution in [3.8, 4) is 0 Å². The minimum Gasteiger partial charge on any atom is -0.432 e. The lowest BCUT2D eigenvalue weighted by atomic mass is 9.88. The molecule has 7 heteroatoms. The molecule has 2 unspecified atom stereocenters. The highest BCUT2D eigenvalue weighted by Gasteiger charge is 2.57. The van der Waals surface area contributed by atoms with Crippen LogP contribution in [0.4, 0.5) is 13.2 Å². The maximum absolute atomic E-state index is 12.7. The Balaban J connectivity index is 1.98. The maximum atomic E-state index is 12.7. The van der Waals surface area contributed by atoms with Gasteiger partial charge in [-0.1, -0.05) is 36.4 Å². The van der Waals surface area contributed by atoms with E-state index < -0.39 is 23.4 Å². The van der Waals surface area contributed by atoms with Crippen LogP contribution in [0.3, 0.4) is 0 Å². The molecule has 2 heterocycles. The van der Waals surface area contributed by atoms with Crippen molar-refractivity contribution in [2.24, 2.45) is 0 Å². The van der Waals surface area contributed by atoms with E-state index in [0.717, 1.165) is 5.56 Å². The monoisotopic (exact) mass is 340 g/mol. The number of fused-ring (bicyclic) bond motifs is 2. The van der Waals surface area contributed by atoms with Crippen LogP contribution >= 0.6 is 0 Å². The molecule has 0 spiro atoms. The molecule has 2 atom stereocenters. The van der Waals surface area contributed by atoms with Crippen LogP contribution in [0.25, 0.3) is 0 Å². The average molecular weight is 340 g/mol. The van der Waals surface area contributed by atoms with Crippen molar-refractivity contribution in [2.75, 3.05) is 13.1 Å². The van der Waals surface area contributed by atoms with E-state index >= 15 is 0 Å². The smallest absolute Gasteiger partial charge is 0.432 e. The van der Waals surface area contributed by atoms with Crippen molar-refractivity contribution in [1.29, 1.82) is 0 Å². The van der Waals surface area contributed by atoms with Gasteiger partial charge in [0.25, 0.3) is 0 Å². The van der Waals surface area contributed by atoms with Crippen LogP contribution in [-0.2, 0) is 15.1 Å². The van der Waals surface area contributed by atoms with Gasteiger partial charge in [0.1, 0.15) is 0 Å². The van der Waals surface area contributed by atoms with Gasteiger partial charge < -0.3 is 10.1 Å². The van der Waals surface area contributed by atoms with Crippen LogP contribution in [0.1, 0.15) is 19.4 Å². The molecule has 3 rings (SSSR count). The number of esters is 1. The molecule has 0 aliphatic carbocycles. The summed E-state index contributed by atoms with van der Waals surface area (Å²) in [5.74, 6) is -2.18. The fourth-order valence-corrected chi connectivity index (χ4v) is 3.62. The number of hydrogen-bond donors (Lipinski definition) is 1. The van der Waals surface area contributed by atoms with Gasteiger partial charge in [0.15, 0.2) is 5.72 Å². The van der Waals surface area contributed by atoms with Crippen LogP contribution < -0.4 is 5.32 Å². The van der Waals surface area contributed by atoms with E-state index in [2.05, 4.69) is 5.32 Å². The Morgan fingerprint density at radius 1 is 1.29 bits per heavy atom. The van der Waals surface area contributed by atoms with Crippen molar-refractivity contribution in [1.82, 2.24) is 10.2 Å². The zero-order valence-electron chi connectivity index (χ0n) is 13.4. The molecule has 0 saturated carbocycles. The van der Waals surface area contributed by atoms with Crippen LogP contribution in [0.5, 0.6) is 0 Å². The highest BCUT2D eigenvalue weighted by molar-refractivity contribution is 5.76. The Morgan fingerprint density at radius 3 is 2.58 bits per heavy atom. The van der Waals surface area contributed by atoms with E-state index in [4.69, 9.17) is 4.74 Å². The van der Waals surface area contributed by atoms with Crippen molar-refractivity contribution < 1.29 is 22.7 Å². The molecule has 2 aliphatic rings. The van der Waals surface area contributed by atoms with Gasteiger partial charge in [-0.25, -0.2) is 9.69 Å². The lowest BCUT2D eigenvalue weighted by Gasteiger charge is -2.52. The predicted molar refractivity (Wildman–Crippen MR) is 82.0 cm³/mol. The Morgan fingerprint density at radius 2 is 1.96 bits per heavy atom. The summed E-state index contributed by atoms with van der Waals surface area (Å²) >= 11 is 0. The summed E-state index contributed by atoms with van der Waals surface area (Å²) in [4.78, 5) is 13.3. The zero-order valence-corrected chi connectivity index (χ0v) is 13.4. The predicted octanol–water partition coefficient (Wildman–Crippen LogP) is 2.57. The van der Waals surface area contributed by atoms with Crippen molar-refractivity contribution in [2.45, 2.75) is 37.3 Å². The van der Waals surface area contributed by atoms with E-state index in [9.17, 15) is 18.0 Å². The number of rotatable bonds is 3. The molecule has 24 heavy (non-hydrogen) atoms. The quantitative estimate of drug-likeness (QED) is 0.678. The second kappa shape index (κ2) is 5.60. The molecule has 130 valence electrons. The third-order valence-corrected chi connectivity index (χ3v) is 4.63. The molecule has 1 saturated heterocycles. The number of halogens is 3. The van der Waals surface area contributed by atoms with Gasteiger partial charge in [0, 0.05) is 18.1 Å². The number of hydrogen-bond acceptors (Lipinski definition) is 4. The molecule has 1 N–H and O–H groups in total. The molecule has 4 nitrogen and oxygen atoms in total. The highest BCUT2D eigenvalue weighted by Crippen LogP contribution is 2.43. The Kier molecular flexibility index (Phi) is 3.96. The van der Waals surface area contributed by atoms with E-state index in [1.807, 2.05) is 49.1 Å². The molecular weight excluding hydrogens is 321 g/mol. The van der Waals surface area contributed by atoms with E-state index in [1.165, 1.54) is 0 Å². The molecular formula is C17H19F3N2O2. The molecule has 0 amide bonds. The normalized spacial score (nSPS) is 27.3. The first-order chi connectivity index (χ1) is 11.2. The fourth-order valence-electron chi connectivity index (χ4n) is 3.62. The second-order valence-corrected chi connectivity index (χ2v) is 6.58. The molecule has 0 aromatic heterocycles. The summed E-state index contributed by atoms with van der Waals surface area (Å²) in [5, 5.41) is 3.05. The maximum Gasteiger partial charge on any atom is 0.491 e. The van der Waals surface area contributed by atoms with Crippen molar-refractivity contribution >= 4 is 5.97 Å². The Bertz CT molecular complexity index is 658. The molecule has 0 radical (unpaired) electrons. The van der Waals surface area contributed by atoms with E-state index in [0.29, 0.717) is 6.54 Å². The standard InChI is InChI=1S/C17H19F3N2O2/c1-15(2,12-6-4-3-5-7-12)22-13-8-9-16(22,11-21-10-13)24-14(23)17(18,19)20/h3-9,13,21H,10-11H2,1-2H3. The number of nitrogens with zero attached hydrogens (tertiary/aromatic N) is 1. The number of piperazine rings is 1. The highest BCUT2D eigenvalue weighted by atomic mass is 19.4. The van der Waals surface area contributed by atoms with Gasteiger partial charge in [-0.05, 0) is 25.5 Å². The minimum absolute atomic E-state index is 0.109. The number of alkyl halides is 3. The van der Waals surface area contributed by atoms with Crippen LogP contribution in [-0.4, -0.2) is 41.9 Å². The number of benzene rings is 1. The summed E-state index contributed by atoms with van der Waals surface area (Å²) in [5.41, 5.74) is -1.13. The number of ether oxygens (including phenoxy) is 1. The first-order valence-corrected chi connectivity index (χ1v) is 7.72. The largest absolute Gasteiger partial charge is 0.491 e. The van der Waals surface area contributed by atoms with Crippen LogP contribution in [0.2, 0.25) is 0 Å². The second-order valence-electron chi connectivity index (χ2n) is 6.58. The number of carbonyl (C=O) groups excluding carboxylic acids is 1. The summed E-state index contributed by atoms with van der Waals surface area (Å²) in [7, 11) is 0.